The number of ether oxygens (including phenoxy) is 1. The van der Waals surface area contributed by atoms with Crippen LogP contribution in [0.3, 0.4) is 0 Å². The monoisotopic (exact) mass is 542 g/mol. The van der Waals surface area contributed by atoms with Gasteiger partial charge in [-0.25, -0.2) is 14.8 Å². The first-order chi connectivity index (χ1) is 18.9. The zero-order valence-electron chi connectivity index (χ0n) is 21.9. The van der Waals surface area contributed by atoms with Gasteiger partial charge in [-0.2, -0.15) is 5.26 Å². The summed E-state index contributed by atoms with van der Waals surface area (Å²) in [4.78, 5) is 20.2. The van der Waals surface area contributed by atoms with Crippen LogP contribution in [0.2, 0.25) is 0 Å². The number of amides is 2. The highest BCUT2D eigenvalue weighted by Gasteiger charge is 2.28. The Morgan fingerprint density at radius 2 is 1.92 bits per heavy atom. The van der Waals surface area contributed by atoms with E-state index < -0.39 is 10.8 Å². The SMILES string of the molecule is CC(C)NC(=O)Nc1ccc(-c2c(C#N)c3ccc(OCCS(=O)c4ncccn4)cc3n2C2CCC2)cc1. The number of carbonyl (C=O) groups is 1. The summed E-state index contributed by atoms with van der Waals surface area (Å²) in [5, 5.41) is 17.0. The van der Waals surface area contributed by atoms with Crippen molar-refractivity contribution in [2.24, 2.45) is 0 Å². The summed E-state index contributed by atoms with van der Waals surface area (Å²) in [6, 6.07) is 17.5. The summed E-state index contributed by atoms with van der Waals surface area (Å²) < 4.78 is 20.7. The van der Waals surface area contributed by atoms with E-state index in [1.807, 2.05) is 56.3 Å². The van der Waals surface area contributed by atoms with Gasteiger partial charge in [0.2, 0.25) is 5.16 Å². The van der Waals surface area contributed by atoms with Crippen molar-refractivity contribution in [3.8, 4) is 23.1 Å². The van der Waals surface area contributed by atoms with E-state index in [2.05, 4.69) is 31.2 Å². The second kappa shape index (κ2) is 11.7. The number of aromatic nitrogens is 3. The van der Waals surface area contributed by atoms with E-state index in [-0.39, 0.29) is 30.5 Å². The van der Waals surface area contributed by atoms with Crippen LogP contribution in [0.4, 0.5) is 10.5 Å². The molecule has 5 rings (SSSR count). The average molecular weight is 543 g/mol. The van der Waals surface area contributed by atoms with E-state index >= 15 is 0 Å². The van der Waals surface area contributed by atoms with Crippen LogP contribution in [0, 0.1) is 11.3 Å². The molecule has 0 aliphatic heterocycles. The molecule has 2 aromatic heterocycles. The van der Waals surface area contributed by atoms with Crippen LogP contribution < -0.4 is 15.4 Å². The predicted octanol–water partition coefficient (Wildman–Crippen LogP) is 5.41. The van der Waals surface area contributed by atoms with E-state index in [4.69, 9.17) is 4.74 Å². The van der Waals surface area contributed by atoms with Gasteiger partial charge in [0, 0.05) is 41.6 Å². The molecule has 0 bridgehead atoms. The predicted molar refractivity (Wildman–Crippen MR) is 151 cm³/mol. The van der Waals surface area contributed by atoms with Gasteiger partial charge in [-0.05, 0) is 69.0 Å². The molecule has 1 aliphatic carbocycles. The maximum absolute atomic E-state index is 12.5. The summed E-state index contributed by atoms with van der Waals surface area (Å²) in [6.07, 6.45) is 6.36. The lowest BCUT2D eigenvalue weighted by molar-refractivity contribution is 0.250. The molecule has 200 valence electrons. The van der Waals surface area contributed by atoms with Gasteiger partial charge in [0.05, 0.1) is 33.3 Å². The van der Waals surface area contributed by atoms with Crippen molar-refractivity contribution in [3.63, 3.8) is 0 Å². The minimum Gasteiger partial charge on any atom is -0.493 e. The summed E-state index contributed by atoms with van der Waals surface area (Å²) in [7, 11) is -1.35. The van der Waals surface area contributed by atoms with Crippen molar-refractivity contribution in [1.29, 1.82) is 5.26 Å². The third kappa shape index (κ3) is 5.78. The molecule has 1 atom stereocenters. The molecule has 2 N–H and O–H groups in total. The summed E-state index contributed by atoms with van der Waals surface area (Å²) in [5.74, 6) is 0.925. The molecule has 2 heterocycles. The highest BCUT2D eigenvalue weighted by Crippen LogP contribution is 2.43. The van der Waals surface area contributed by atoms with Crippen molar-refractivity contribution < 1.29 is 13.7 Å². The van der Waals surface area contributed by atoms with E-state index in [0.29, 0.717) is 22.2 Å². The standard InChI is InChI=1S/C29H30N6O3S/c1-19(2)33-28(36)34-21-9-7-20(8-10-21)27-25(18-30)24-12-11-23(17-26(24)35(27)22-5-3-6-22)38-15-16-39(37)29-31-13-4-14-32-29/h4,7-14,17,19,22H,3,5-6,15-16H2,1-2H3,(H2,33,34,36). The third-order valence-corrected chi connectivity index (χ3v) is 7.80. The number of nitriles is 1. The molecule has 0 saturated heterocycles. The van der Waals surface area contributed by atoms with Crippen LogP contribution in [0.25, 0.3) is 22.2 Å². The molecule has 10 heteroatoms. The van der Waals surface area contributed by atoms with E-state index in [9.17, 15) is 14.3 Å². The normalized spacial score (nSPS) is 14.0. The Hall–Kier alpha value is -4.23. The fourth-order valence-electron chi connectivity index (χ4n) is 4.67. The van der Waals surface area contributed by atoms with Crippen molar-refractivity contribution in [3.05, 3.63) is 66.5 Å². The number of nitrogens with one attached hydrogen (secondary N) is 2. The maximum Gasteiger partial charge on any atom is 0.319 e. The van der Waals surface area contributed by atoms with Crippen LogP contribution in [0.1, 0.15) is 44.7 Å². The number of urea groups is 1. The minimum atomic E-state index is -1.35. The van der Waals surface area contributed by atoms with Gasteiger partial charge in [0.15, 0.2) is 0 Å². The van der Waals surface area contributed by atoms with Gasteiger partial charge in [0.1, 0.15) is 18.4 Å². The fraction of sp³-hybridized carbons (Fsp3) is 0.310. The Labute approximate surface area is 229 Å². The van der Waals surface area contributed by atoms with Gasteiger partial charge in [0.25, 0.3) is 0 Å². The topological polar surface area (TPSA) is 122 Å². The number of anilines is 1. The Morgan fingerprint density at radius 3 is 2.56 bits per heavy atom. The fourth-order valence-corrected chi connectivity index (χ4v) is 5.45. The van der Waals surface area contributed by atoms with Gasteiger partial charge < -0.3 is 19.9 Å². The molecule has 0 radical (unpaired) electrons. The summed E-state index contributed by atoms with van der Waals surface area (Å²) in [6.45, 7) is 4.06. The van der Waals surface area contributed by atoms with E-state index in [0.717, 1.165) is 41.4 Å². The quantitative estimate of drug-likeness (QED) is 0.273. The molecular formula is C29H30N6O3S. The Kier molecular flexibility index (Phi) is 7.89. The van der Waals surface area contributed by atoms with Crippen LogP contribution in [-0.2, 0) is 10.8 Å². The van der Waals surface area contributed by atoms with Crippen molar-refractivity contribution in [2.75, 3.05) is 17.7 Å². The Balaban J connectivity index is 1.42. The molecule has 1 unspecified atom stereocenters. The summed E-state index contributed by atoms with van der Waals surface area (Å²) >= 11 is 0. The molecule has 9 nitrogen and oxygen atoms in total. The van der Waals surface area contributed by atoms with E-state index in [1.165, 1.54) is 0 Å². The highest BCUT2D eigenvalue weighted by atomic mass is 32.2. The molecule has 0 spiro atoms. The van der Waals surface area contributed by atoms with Crippen LogP contribution >= 0.6 is 0 Å². The van der Waals surface area contributed by atoms with E-state index in [1.54, 1.807) is 18.5 Å². The van der Waals surface area contributed by atoms with Crippen LogP contribution in [0.15, 0.2) is 66.1 Å². The third-order valence-electron chi connectivity index (χ3n) is 6.65. The first-order valence-corrected chi connectivity index (χ1v) is 14.3. The minimum absolute atomic E-state index is 0.0366. The average Bonchev–Trinajstić information content (AvgIpc) is 3.21. The molecular weight excluding hydrogens is 512 g/mol. The van der Waals surface area contributed by atoms with Crippen LogP contribution in [0.5, 0.6) is 5.75 Å². The van der Waals surface area contributed by atoms with Gasteiger partial charge in [-0.3, -0.25) is 4.21 Å². The second-order valence-corrected chi connectivity index (χ2v) is 11.2. The number of nitrogens with zero attached hydrogens (tertiary/aromatic N) is 4. The molecule has 2 amide bonds. The first kappa shape index (κ1) is 26.4. The molecule has 1 aliphatic rings. The maximum atomic E-state index is 12.5. The van der Waals surface area contributed by atoms with Crippen molar-refractivity contribution >= 4 is 33.4 Å². The molecule has 2 aromatic carbocycles. The van der Waals surface area contributed by atoms with Gasteiger partial charge in [-0.1, -0.05) is 12.1 Å². The number of hydrogen-bond acceptors (Lipinski definition) is 6. The van der Waals surface area contributed by atoms with Gasteiger partial charge >= 0.3 is 6.03 Å². The van der Waals surface area contributed by atoms with Crippen molar-refractivity contribution in [2.45, 2.75) is 50.4 Å². The highest BCUT2D eigenvalue weighted by molar-refractivity contribution is 7.84. The molecule has 1 saturated carbocycles. The Bertz CT molecular complexity index is 1540. The number of fused-ring (bicyclic) bond motifs is 1. The smallest absolute Gasteiger partial charge is 0.319 e. The Morgan fingerprint density at radius 1 is 1.18 bits per heavy atom. The molecule has 4 aromatic rings. The summed E-state index contributed by atoms with van der Waals surface area (Å²) in [5.41, 5.74) is 4.01. The lowest BCUT2D eigenvalue weighted by Crippen LogP contribution is -2.34. The second-order valence-electron chi connectivity index (χ2n) is 9.73. The zero-order valence-corrected chi connectivity index (χ0v) is 22.7. The lowest BCUT2D eigenvalue weighted by atomic mass is 9.92. The van der Waals surface area contributed by atoms with Crippen LogP contribution in [-0.4, -0.2) is 43.2 Å². The number of hydrogen-bond donors (Lipinski definition) is 2. The lowest BCUT2D eigenvalue weighted by Gasteiger charge is -2.30. The number of carbonyl (C=O) groups excluding carboxylic acids is 1. The number of benzene rings is 2. The molecule has 1 fully saturated rings. The number of rotatable bonds is 9. The molecule has 39 heavy (non-hydrogen) atoms. The van der Waals surface area contributed by atoms with Gasteiger partial charge in [-0.15, -0.1) is 0 Å². The van der Waals surface area contributed by atoms with Crippen molar-refractivity contribution in [1.82, 2.24) is 19.9 Å². The first-order valence-electron chi connectivity index (χ1n) is 13.0. The largest absolute Gasteiger partial charge is 0.493 e. The zero-order chi connectivity index (χ0) is 27.4.